The van der Waals surface area contributed by atoms with Gasteiger partial charge in [0.15, 0.2) is 0 Å². The zero-order chi connectivity index (χ0) is 11.3. The van der Waals surface area contributed by atoms with Crippen molar-refractivity contribution in [1.29, 1.82) is 0 Å². The number of hydrogen-bond acceptors (Lipinski definition) is 5. The molecule has 1 aromatic rings. The molecule has 1 amide bonds. The first-order valence-electron chi connectivity index (χ1n) is 4.89. The second kappa shape index (κ2) is 5.18. The first-order valence-corrected chi connectivity index (χ1v) is 5.66. The topological polar surface area (TPSA) is 75.1 Å². The van der Waals surface area contributed by atoms with E-state index >= 15 is 0 Å². The van der Waals surface area contributed by atoms with Gasteiger partial charge in [0.05, 0.1) is 11.8 Å². The molecule has 0 aromatic carbocycles. The third-order valence-corrected chi connectivity index (χ3v) is 3.14. The van der Waals surface area contributed by atoms with E-state index in [0.717, 1.165) is 11.5 Å². The van der Waals surface area contributed by atoms with E-state index in [0.29, 0.717) is 17.7 Å². The van der Waals surface area contributed by atoms with Gasteiger partial charge in [-0.05, 0) is 24.4 Å². The summed E-state index contributed by atoms with van der Waals surface area (Å²) in [4.78, 5) is 12.0. The third kappa shape index (κ3) is 3.24. The highest BCUT2D eigenvalue weighted by Gasteiger charge is 2.23. The van der Waals surface area contributed by atoms with Gasteiger partial charge in [-0.2, -0.15) is 0 Å². The fourth-order valence-corrected chi connectivity index (χ4v) is 1.53. The van der Waals surface area contributed by atoms with E-state index in [-0.39, 0.29) is 12.5 Å². The van der Waals surface area contributed by atoms with Crippen LogP contribution in [0.2, 0.25) is 0 Å². The van der Waals surface area contributed by atoms with Gasteiger partial charge in [0.2, 0.25) is 0 Å². The lowest BCUT2D eigenvalue weighted by Gasteiger charge is -2.25. The average molecular weight is 229 g/mol. The van der Waals surface area contributed by atoms with Crippen molar-refractivity contribution in [2.45, 2.75) is 32.3 Å². The second-order valence-corrected chi connectivity index (χ2v) is 4.18. The van der Waals surface area contributed by atoms with E-state index in [1.807, 2.05) is 13.8 Å². The molecule has 0 atom stereocenters. The highest BCUT2D eigenvalue weighted by molar-refractivity contribution is 7.07. The second-order valence-electron chi connectivity index (χ2n) is 3.40. The number of aromatic nitrogens is 2. The molecule has 1 aromatic heterocycles. The molecule has 2 N–H and O–H groups in total. The number of carbonyl (C=O) groups is 1. The van der Waals surface area contributed by atoms with Crippen LogP contribution in [0.4, 0.5) is 0 Å². The van der Waals surface area contributed by atoms with Crippen LogP contribution in [0.1, 0.15) is 36.4 Å². The minimum Gasteiger partial charge on any atom is -0.388 e. The maximum atomic E-state index is 11.5. The minimum absolute atomic E-state index is 0.231. The number of nitrogens with one attached hydrogen (secondary N) is 1. The molecule has 5 nitrogen and oxygen atoms in total. The maximum Gasteiger partial charge on any atom is 0.264 e. The Morgan fingerprint density at radius 3 is 2.73 bits per heavy atom. The van der Waals surface area contributed by atoms with E-state index < -0.39 is 5.60 Å². The fraction of sp³-hybridized carbons (Fsp3) is 0.667. The Bertz CT molecular complexity index is 309. The monoisotopic (exact) mass is 229 g/mol. The van der Waals surface area contributed by atoms with Crippen LogP contribution < -0.4 is 5.32 Å². The Balaban J connectivity index is 2.47. The Hall–Kier alpha value is -1.01. The molecule has 0 aliphatic heterocycles. The minimum atomic E-state index is -0.812. The number of carbonyl (C=O) groups excluding carboxylic acids is 1. The highest BCUT2D eigenvalue weighted by Crippen LogP contribution is 2.13. The summed E-state index contributed by atoms with van der Waals surface area (Å²) in [6.45, 7) is 4.05. The SMILES string of the molecule is CCC(O)(CC)CNC(=O)c1cnns1. The quantitative estimate of drug-likeness (QED) is 0.783. The summed E-state index contributed by atoms with van der Waals surface area (Å²) in [5.41, 5.74) is -0.812. The maximum absolute atomic E-state index is 11.5. The molecule has 0 fully saturated rings. The largest absolute Gasteiger partial charge is 0.388 e. The lowest BCUT2D eigenvalue weighted by Crippen LogP contribution is -2.41. The smallest absolute Gasteiger partial charge is 0.264 e. The summed E-state index contributed by atoms with van der Waals surface area (Å²) < 4.78 is 3.60. The summed E-state index contributed by atoms with van der Waals surface area (Å²) >= 11 is 1.04. The zero-order valence-electron chi connectivity index (χ0n) is 8.86. The molecule has 0 aliphatic rings. The fourth-order valence-electron chi connectivity index (χ4n) is 1.10. The van der Waals surface area contributed by atoms with Crippen LogP contribution in [0, 0.1) is 0 Å². The van der Waals surface area contributed by atoms with E-state index in [1.165, 1.54) is 6.20 Å². The average Bonchev–Trinajstić information content (AvgIpc) is 2.79. The van der Waals surface area contributed by atoms with Crippen molar-refractivity contribution in [3.05, 3.63) is 11.1 Å². The molecule has 0 aliphatic carbocycles. The van der Waals surface area contributed by atoms with Crippen molar-refractivity contribution in [3.8, 4) is 0 Å². The van der Waals surface area contributed by atoms with Gasteiger partial charge in [-0.15, -0.1) is 5.10 Å². The van der Waals surface area contributed by atoms with Crippen molar-refractivity contribution in [2.75, 3.05) is 6.54 Å². The van der Waals surface area contributed by atoms with Gasteiger partial charge in [-0.3, -0.25) is 4.79 Å². The van der Waals surface area contributed by atoms with Crippen molar-refractivity contribution >= 4 is 17.4 Å². The van der Waals surface area contributed by atoms with Crippen LogP contribution in [-0.2, 0) is 0 Å². The lowest BCUT2D eigenvalue weighted by molar-refractivity contribution is 0.0314. The summed E-state index contributed by atoms with van der Waals surface area (Å²) in [5.74, 6) is -0.231. The molecule has 0 saturated carbocycles. The Labute approximate surface area is 92.7 Å². The number of amides is 1. The van der Waals surface area contributed by atoms with Gasteiger partial charge in [-0.25, -0.2) is 0 Å². The summed E-state index contributed by atoms with van der Waals surface area (Å²) in [6, 6.07) is 0. The van der Waals surface area contributed by atoms with E-state index in [4.69, 9.17) is 0 Å². The highest BCUT2D eigenvalue weighted by atomic mass is 32.1. The standard InChI is InChI=1S/C9H15N3O2S/c1-3-9(14,4-2)6-10-8(13)7-5-11-12-15-7/h5,14H,3-4,6H2,1-2H3,(H,10,13). The molecule has 6 heteroatoms. The van der Waals surface area contributed by atoms with Gasteiger partial charge in [0, 0.05) is 6.54 Å². The normalized spacial score (nSPS) is 11.4. The van der Waals surface area contributed by atoms with Gasteiger partial charge in [0.1, 0.15) is 4.88 Å². The molecule has 0 unspecified atom stereocenters. The first kappa shape index (κ1) is 12.1. The van der Waals surface area contributed by atoms with Crippen molar-refractivity contribution in [3.63, 3.8) is 0 Å². The molecule has 1 rings (SSSR count). The van der Waals surface area contributed by atoms with Crippen molar-refractivity contribution in [1.82, 2.24) is 14.9 Å². The molecular formula is C9H15N3O2S. The van der Waals surface area contributed by atoms with Crippen LogP contribution in [0.15, 0.2) is 6.20 Å². The molecule has 0 bridgehead atoms. The van der Waals surface area contributed by atoms with Gasteiger partial charge in [-0.1, -0.05) is 18.3 Å². The van der Waals surface area contributed by atoms with Crippen LogP contribution in [0.3, 0.4) is 0 Å². The summed E-state index contributed by atoms with van der Waals surface area (Å²) in [6.07, 6.45) is 2.65. The van der Waals surface area contributed by atoms with Crippen LogP contribution >= 0.6 is 11.5 Å². The number of aliphatic hydroxyl groups is 1. The van der Waals surface area contributed by atoms with Crippen LogP contribution in [0.5, 0.6) is 0 Å². The van der Waals surface area contributed by atoms with Gasteiger partial charge < -0.3 is 10.4 Å². The third-order valence-electron chi connectivity index (χ3n) is 2.48. The van der Waals surface area contributed by atoms with Crippen LogP contribution in [-0.4, -0.2) is 32.7 Å². The predicted molar refractivity (Wildman–Crippen MR) is 57.8 cm³/mol. The number of hydrogen-bond donors (Lipinski definition) is 2. The summed E-state index contributed by atoms with van der Waals surface area (Å²) in [5, 5.41) is 16.2. The van der Waals surface area contributed by atoms with E-state index in [2.05, 4.69) is 14.9 Å². The lowest BCUT2D eigenvalue weighted by atomic mass is 9.98. The first-order chi connectivity index (χ1) is 7.11. The van der Waals surface area contributed by atoms with E-state index in [1.54, 1.807) is 0 Å². The molecule has 15 heavy (non-hydrogen) atoms. The Kier molecular flexibility index (Phi) is 4.16. The molecule has 0 radical (unpaired) electrons. The van der Waals surface area contributed by atoms with E-state index in [9.17, 15) is 9.90 Å². The molecule has 0 spiro atoms. The zero-order valence-corrected chi connectivity index (χ0v) is 9.67. The predicted octanol–water partition coefficient (Wildman–Crippen LogP) is 0.819. The number of rotatable bonds is 5. The number of nitrogens with zero attached hydrogens (tertiary/aromatic N) is 2. The Morgan fingerprint density at radius 1 is 1.60 bits per heavy atom. The van der Waals surface area contributed by atoms with Crippen molar-refractivity contribution in [2.24, 2.45) is 0 Å². The molecule has 0 saturated heterocycles. The molecular weight excluding hydrogens is 214 g/mol. The molecule has 84 valence electrons. The van der Waals surface area contributed by atoms with Crippen molar-refractivity contribution < 1.29 is 9.90 Å². The molecule has 1 heterocycles. The Morgan fingerprint density at radius 2 is 2.27 bits per heavy atom. The summed E-state index contributed by atoms with van der Waals surface area (Å²) in [7, 11) is 0. The van der Waals surface area contributed by atoms with Gasteiger partial charge >= 0.3 is 0 Å². The van der Waals surface area contributed by atoms with Gasteiger partial charge in [0.25, 0.3) is 5.91 Å². The van der Waals surface area contributed by atoms with Crippen LogP contribution in [0.25, 0.3) is 0 Å².